The van der Waals surface area contributed by atoms with Gasteiger partial charge in [-0.1, -0.05) is 34.4 Å². The van der Waals surface area contributed by atoms with Crippen LogP contribution >= 0.6 is 35.0 Å². The average molecular weight is 344 g/mol. The molecule has 0 unspecified atom stereocenters. The van der Waals surface area contributed by atoms with Crippen molar-refractivity contribution in [3.8, 4) is 0 Å². The molecule has 0 bridgehead atoms. The molecule has 0 saturated heterocycles. The highest BCUT2D eigenvalue weighted by Crippen LogP contribution is 2.37. The Bertz CT molecular complexity index is 643. The van der Waals surface area contributed by atoms with Crippen LogP contribution in [0, 0.1) is 0 Å². The van der Waals surface area contributed by atoms with E-state index in [1.807, 2.05) is 12.1 Å². The zero-order chi connectivity index (χ0) is 14.9. The molecule has 21 heavy (non-hydrogen) atoms. The van der Waals surface area contributed by atoms with Gasteiger partial charge in [0.2, 0.25) is 5.89 Å². The van der Waals surface area contributed by atoms with Crippen molar-refractivity contribution < 1.29 is 4.52 Å². The molecule has 2 N–H and O–H groups in total. The van der Waals surface area contributed by atoms with E-state index in [4.69, 9.17) is 33.5 Å². The highest BCUT2D eigenvalue weighted by molar-refractivity contribution is 7.97. The fourth-order valence-corrected chi connectivity index (χ4v) is 3.60. The lowest BCUT2D eigenvalue weighted by Gasteiger charge is -2.34. The first kappa shape index (κ1) is 15.2. The lowest BCUT2D eigenvalue weighted by Crippen LogP contribution is -2.44. The molecule has 0 spiro atoms. The molecule has 0 atom stereocenters. The highest BCUT2D eigenvalue weighted by atomic mass is 35.5. The SMILES string of the molecule is NC1(c2noc(CSCc3ccc(Cl)cc3Cl)n2)CCC1. The second-order valence-electron chi connectivity index (χ2n) is 5.25. The monoisotopic (exact) mass is 343 g/mol. The first-order valence-electron chi connectivity index (χ1n) is 6.70. The zero-order valence-electron chi connectivity index (χ0n) is 11.3. The van der Waals surface area contributed by atoms with E-state index >= 15 is 0 Å². The first-order chi connectivity index (χ1) is 10.1. The van der Waals surface area contributed by atoms with Gasteiger partial charge >= 0.3 is 0 Å². The topological polar surface area (TPSA) is 64.9 Å². The lowest BCUT2D eigenvalue weighted by atomic mass is 9.77. The van der Waals surface area contributed by atoms with Gasteiger partial charge in [0, 0.05) is 15.8 Å². The summed E-state index contributed by atoms with van der Waals surface area (Å²) in [6.07, 6.45) is 2.99. The Morgan fingerprint density at radius 3 is 2.76 bits per heavy atom. The molecule has 4 nitrogen and oxygen atoms in total. The van der Waals surface area contributed by atoms with Gasteiger partial charge in [-0.2, -0.15) is 4.98 Å². The Hall–Kier alpha value is -0.750. The standard InChI is InChI=1S/C14H15Cl2N3OS/c15-10-3-2-9(11(16)6-10)7-21-8-12-18-13(19-20-12)14(17)4-1-5-14/h2-3,6H,1,4-5,7-8,17H2. The van der Waals surface area contributed by atoms with Crippen LogP contribution in [0.1, 0.15) is 36.5 Å². The smallest absolute Gasteiger partial charge is 0.236 e. The summed E-state index contributed by atoms with van der Waals surface area (Å²) < 4.78 is 5.26. The van der Waals surface area contributed by atoms with Crippen molar-refractivity contribution in [3.05, 3.63) is 45.5 Å². The van der Waals surface area contributed by atoms with Gasteiger partial charge in [-0.3, -0.25) is 0 Å². The number of nitrogens with two attached hydrogens (primary N) is 1. The molecule has 2 aromatic rings. The molecule has 0 aliphatic heterocycles. The Labute approximate surface area is 137 Å². The molecule has 1 aromatic heterocycles. The predicted octanol–water partition coefficient (Wildman–Crippen LogP) is 4.15. The predicted molar refractivity (Wildman–Crippen MR) is 85.5 cm³/mol. The second-order valence-corrected chi connectivity index (χ2v) is 7.08. The van der Waals surface area contributed by atoms with Crippen LogP contribution < -0.4 is 5.73 Å². The van der Waals surface area contributed by atoms with Gasteiger partial charge in [0.1, 0.15) is 0 Å². The van der Waals surface area contributed by atoms with Crippen LogP contribution in [0.2, 0.25) is 10.0 Å². The highest BCUT2D eigenvalue weighted by Gasteiger charge is 2.38. The Morgan fingerprint density at radius 1 is 1.29 bits per heavy atom. The molecular weight excluding hydrogens is 329 g/mol. The van der Waals surface area contributed by atoms with Gasteiger partial charge in [-0.15, -0.1) is 11.8 Å². The average Bonchev–Trinajstić information content (AvgIpc) is 2.88. The summed E-state index contributed by atoms with van der Waals surface area (Å²) >= 11 is 13.7. The third-order valence-electron chi connectivity index (χ3n) is 3.66. The summed E-state index contributed by atoms with van der Waals surface area (Å²) in [5.74, 6) is 2.65. The second kappa shape index (κ2) is 6.16. The summed E-state index contributed by atoms with van der Waals surface area (Å²) in [4.78, 5) is 4.39. The van der Waals surface area contributed by atoms with Crippen LogP contribution in [-0.2, 0) is 17.0 Å². The van der Waals surface area contributed by atoms with E-state index in [0.717, 1.165) is 30.6 Å². The van der Waals surface area contributed by atoms with Crippen LogP contribution in [0.4, 0.5) is 0 Å². The van der Waals surface area contributed by atoms with Crippen LogP contribution in [0.25, 0.3) is 0 Å². The third-order valence-corrected chi connectivity index (χ3v) is 5.21. The Balaban J connectivity index is 1.56. The van der Waals surface area contributed by atoms with Gasteiger partial charge in [0.25, 0.3) is 0 Å². The molecular formula is C14H15Cl2N3OS. The molecule has 0 amide bonds. The van der Waals surface area contributed by atoms with Gasteiger partial charge in [-0.05, 0) is 37.0 Å². The quantitative estimate of drug-likeness (QED) is 0.883. The van der Waals surface area contributed by atoms with Crippen molar-refractivity contribution in [1.29, 1.82) is 0 Å². The van der Waals surface area contributed by atoms with Crippen molar-refractivity contribution in [2.45, 2.75) is 36.3 Å². The molecule has 1 heterocycles. The molecule has 0 radical (unpaired) electrons. The van der Waals surface area contributed by atoms with Gasteiger partial charge < -0.3 is 10.3 Å². The van der Waals surface area contributed by atoms with Crippen molar-refractivity contribution in [2.24, 2.45) is 5.73 Å². The number of thioether (sulfide) groups is 1. The summed E-state index contributed by atoms with van der Waals surface area (Å²) in [7, 11) is 0. The Kier molecular flexibility index (Phi) is 4.45. The van der Waals surface area contributed by atoms with Crippen LogP contribution in [0.15, 0.2) is 22.7 Å². The number of hydrogen-bond acceptors (Lipinski definition) is 5. The molecule has 3 rings (SSSR count). The summed E-state index contributed by atoms with van der Waals surface area (Å²) in [6.45, 7) is 0. The van der Waals surface area contributed by atoms with E-state index in [-0.39, 0.29) is 5.54 Å². The maximum absolute atomic E-state index is 6.17. The molecule has 1 saturated carbocycles. The minimum Gasteiger partial charge on any atom is -0.338 e. The summed E-state index contributed by atoms with van der Waals surface area (Å²) in [5.41, 5.74) is 6.84. The minimum absolute atomic E-state index is 0.369. The largest absolute Gasteiger partial charge is 0.338 e. The van der Waals surface area contributed by atoms with Gasteiger partial charge in [0.05, 0.1) is 11.3 Å². The first-order valence-corrected chi connectivity index (χ1v) is 8.61. The summed E-state index contributed by atoms with van der Waals surface area (Å²) in [5, 5.41) is 5.32. The fourth-order valence-electron chi connectivity index (χ4n) is 2.18. The molecule has 1 aromatic carbocycles. The lowest BCUT2D eigenvalue weighted by molar-refractivity contribution is 0.229. The molecule has 7 heteroatoms. The third kappa shape index (κ3) is 3.37. The van der Waals surface area contributed by atoms with Crippen molar-refractivity contribution in [2.75, 3.05) is 0 Å². The van der Waals surface area contributed by atoms with E-state index in [9.17, 15) is 0 Å². The van der Waals surface area contributed by atoms with Crippen LogP contribution in [-0.4, -0.2) is 10.1 Å². The van der Waals surface area contributed by atoms with E-state index in [1.165, 1.54) is 0 Å². The number of benzene rings is 1. The van der Waals surface area contributed by atoms with E-state index in [0.29, 0.717) is 27.5 Å². The van der Waals surface area contributed by atoms with E-state index in [1.54, 1.807) is 17.8 Å². The van der Waals surface area contributed by atoms with E-state index in [2.05, 4.69) is 10.1 Å². The molecule has 1 aliphatic carbocycles. The van der Waals surface area contributed by atoms with Crippen molar-refractivity contribution >= 4 is 35.0 Å². The number of aromatic nitrogens is 2. The van der Waals surface area contributed by atoms with Crippen LogP contribution in [0.3, 0.4) is 0 Å². The molecule has 1 fully saturated rings. The number of rotatable bonds is 5. The Morgan fingerprint density at radius 2 is 2.10 bits per heavy atom. The minimum atomic E-state index is -0.369. The van der Waals surface area contributed by atoms with Crippen molar-refractivity contribution in [1.82, 2.24) is 10.1 Å². The number of halogens is 2. The van der Waals surface area contributed by atoms with Gasteiger partial charge in [-0.25, -0.2) is 0 Å². The van der Waals surface area contributed by atoms with E-state index < -0.39 is 0 Å². The normalized spacial score (nSPS) is 16.7. The summed E-state index contributed by atoms with van der Waals surface area (Å²) in [6, 6.07) is 5.52. The zero-order valence-corrected chi connectivity index (χ0v) is 13.6. The van der Waals surface area contributed by atoms with Crippen LogP contribution in [0.5, 0.6) is 0 Å². The van der Waals surface area contributed by atoms with Crippen molar-refractivity contribution in [3.63, 3.8) is 0 Å². The maximum atomic E-state index is 6.17. The number of hydrogen-bond donors (Lipinski definition) is 1. The fraction of sp³-hybridized carbons (Fsp3) is 0.429. The molecule has 112 valence electrons. The number of nitrogens with zero attached hydrogens (tertiary/aromatic N) is 2. The molecule has 1 aliphatic rings. The van der Waals surface area contributed by atoms with Gasteiger partial charge in [0.15, 0.2) is 5.82 Å². The maximum Gasteiger partial charge on any atom is 0.236 e.